The van der Waals surface area contributed by atoms with Crippen molar-refractivity contribution in [2.45, 2.75) is 26.8 Å². The molecule has 1 aromatic heterocycles. The first-order valence-corrected chi connectivity index (χ1v) is 10.2. The second kappa shape index (κ2) is 11.5. The highest BCUT2D eigenvalue weighted by Gasteiger charge is 2.25. The van der Waals surface area contributed by atoms with Crippen LogP contribution in [0.25, 0.3) is 0 Å². The molecule has 0 saturated heterocycles. The van der Waals surface area contributed by atoms with Gasteiger partial charge in [0.05, 0.1) is 33.9 Å². The van der Waals surface area contributed by atoms with Gasteiger partial charge in [0.2, 0.25) is 5.91 Å². The Morgan fingerprint density at radius 2 is 1.93 bits per heavy atom. The SMILES string of the molecule is COC[C@H](C)N(C(=O)CCl)c1c(C)csc1C.N#Cc1c(Cl)cccc1Cl. The van der Waals surface area contributed by atoms with Crippen molar-refractivity contribution >= 4 is 57.7 Å². The van der Waals surface area contributed by atoms with Gasteiger partial charge in [0.25, 0.3) is 0 Å². The van der Waals surface area contributed by atoms with Crippen LogP contribution in [0.1, 0.15) is 22.9 Å². The lowest BCUT2D eigenvalue weighted by atomic mass is 10.2. The summed E-state index contributed by atoms with van der Waals surface area (Å²) in [6.07, 6.45) is 0. The van der Waals surface area contributed by atoms with Crippen LogP contribution in [-0.4, -0.2) is 31.5 Å². The average molecular weight is 448 g/mol. The van der Waals surface area contributed by atoms with Crippen LogP contribution in [0.15, 0.2) is 23.6 Å². The molecule has 2 rings (SSSR count). The molecule has 146 valence electrons. The van der Waals surface area contributed by atoms with Gasteiger partial charge in [0.1, 0.15) is 11.9 Å². The van der Waals surface area contributed by atoms with Crippen molar-refractivity contribution in [2.24, 2.45) is 0 Å². The van der Waals surface area contributed by atoms with Crippen LogP contribution in [0.4, 0.5) is 5.69 Å². The van der Waals surface area contributed by atoms with E-state index in [-0.39, 0.29) is 17.8 Å². The Labute approximate surface area is 179 Å². The molecule has 1 heterocycles. The van der Waals surface area contributed by atoms with Crippen molar-refractivity contribution in [3.8, 4) is 6.07 Å². The van der Waals surface area contributed by atoms with Gasteiger partial charge in [-0.1, -0.05) is 29.3 Å². The van der Waals surface area contributed by atoms with Crippen molar-refractivity contribution in [1.82, 2.24) is 0 Å². The Hall–Kier alpha value is -1.29. The minimum Gasteiger partial charge on any atom is -0.383 e. The van der Waals surface area contributed by atoms with E-state index < -0.39 is 0 Å². The van der Waals surface area contributed by atoms with Gasteiger partial charge in [-0.15, -0.1) is 22.9 Å². The van der Waals surface area contributed by atoms with Crippen LogP contribution in [0.5, 0.6) is 0 Å². The fourth-order valence-electron chi connectivity index (χ4n) is 2.50. The second-order valence-electron chi connectivity index (χ2n) is 5.73. The molecule has 8 heteroatoms. The number of nitrogens with zero attached hydrogens (tertiary/aromatic N) is 2. The highest BCUT2D eigenvalue weighted by molar-refractivity contribution is 7.10. The zero-order valence-corrected chi connectivity index (χ0v) is 18.6. The number of methoxy groups -OCH3 is 1. The van der Waals surface area contributed by atoms with Gasteiger partial charge in [-0.25, -0.2) is 0 Å². The fraction of sp³-hybridized carbons (Fsp3) is 0.368. The highest BCUT2D eigenvalue weighted by Crippen LogP contribution is 2.32. The summed E-state index contributed by atoms with van der Waals surface area (Å²) in [4.78, 5) is 14.9. The number of hydrogen-bond acceptors (Lipinski definition) is 4. The lowest BCUT2D eigenvalue weighted by molar-refractivity contribution is -0.116. The summed E-state index contributed by atoms with van der Waals surface area (Å²) in [7, 11) is 1.63. The van der Waals surface area contributed by atoms with Crippen molar-refractivity contribution in [3.05, 3.63) is 49.6 Å². The summed E-state index contributed by atoms with van der Waals surface area (Å²) in [6.45, 7) is 6.48. The largest absolute Gasteiger partial charge is 0.383 e. The third-order valence-corrected chi connectivity index (χ3v) is 5.54. The number of aryl methyl sites for hydroxylation is 2. The van der Waals surface area contributed by atoms with Crippen LogP contribution in [0.2, 0.25) is 10.0 Å². The number of amides is 1. The van der Waals surface area contributed by atoms with E-state index in [4.69, 9.17) is 44.8 Å². The fourth-order valence-corrected chi connectivity index (χ4v) is 3.95. The average Bonchev–Trinajstić information content (AvgIpc) is 2.95. The van der Waals surface area contributed by atoms with Gasteiger partial charge < -0.3 is 9.64 Å². The number of ether oxygens (including phenoxy) is 1. The van der Waals surface area contributed by atoms with Crippen molar-refractivity contribution in [1.29, 1.82) is 5.26 Å². The standard InChI is InChI=1S/C12H18ClNO2S.C7H3Cl2N/c1-8-7-17-10(3)12(8)14(11(15)5-13)9(2)6-16-4;8-6-2-1-3-7(9)5(6)4-10/h7,9H,5-6H2,1-4H3;1-3H/t9-;/m0./s1. The number of benzene rings is 1. The predicted molar refractivity (Wildman–Crippen MR) is 115 cm³/mol. The van der Waals surface area contributed by atoms with Crippen LogP contribution >= 0.6 is 46.1 Å². The maximum atomic E-state index is 12.0. The van der Waals surface area contributed by atoms with Crippen molar-refractivity contribution in [3.63, 3.8) is 0 Å². The molecule has 1 aromatic carbocycles. The van der Waals surface area contributed by atoms with Crippen LogP contribution in [-0.2, 0) is 9.53 Å². The first-order valence-electron chi connectivity index (χ1n) is 8.04. The molecule has 0 aliphatic heterocycles. The molecule has 0 bridgehead atoms. The van der Waals surface area contributed by atoms with E-state index in [1.807, 2.05) is 26.8 Å². The van der Waals surface area contributed by atoms with E-state index >= 15 is 0 Å². The molecule has 1 amide bonds. The molecule has 0 spiro atoms. The molecule has 4 nitrogen and oxygen atoms in total. The van der Waals surface area contributed by atoms with Crippen LogP contribution in [0.3, 0.4) is 0 Å². The molecular formula is C19H21Cl3N2O2S. The topological polar surface area (TPSA) is 53.3 Å². The molecule has 0 saturated carbocycles. The maximum Gasteiger partial charge on any atom is 0.242 e. The molecule has 1 atom stereocenters. The Balaban J connectivity index is 0.000000309. The van der Waals surface area contributed by atoms with E-state index in [0.717, 1.165) is 16.1 Å². The zero-order chi connectivity index (χ0) is 20.6. The summed E-state index contributed by atoms with van der Waals surface area (Å²) >= 11 is 18.6. The van der Waals surface area contributed by atoms with E-state index in [1.165, 1.54) is 0 Å². The first-order chi connectivity index (χ1) is 12.8. The summed E-state index contributed by atoms with van der Waals surface area (Å²) in [6, 6.07) is 6.85. The van der Waals surface area contributed by atoms with Crippen molar-refractivity contribution < 1.29 is 9.53 Å². The summed E-state index contributed by atoms with van der Waals surface area (Å²) in [5.41, 5.74) is 2.42. The number of alkyl halides is 1. The van der Waals surface area contributed by atoms with Gasteiger partial charge >= 0.3 is 0 Å². The third-order valence-electron chi connectivity index (χ3n) is 3.67. The quantitative estimate of drug-likeness (QED) is 0.541. The van der Waals surface area contributed by atoms with E-state index in [1.54, 1.807) is 41.5 Å². The lowest BCUT2D eigenvalue weighted by Gasteiger charge is -2.29. The molecule has 2 aromatic rings. The molecule has 0 aliphatic carbocycles. The van der Waals surface area contributed by atoms with E-state index in [0.29, 0.717) is 22.2 Å². The predicted octanol–water partition coefficient (Wildman–Crippen LogP) is 5.84. The van der Waals surface area contributed by atoms with Gasteiger partial charge in [-0.3, -0.25) is 4.79 Å². The smallest absolute Gasteiger partial charge is 0.242 e. The number of carbonyl (C=O) groups excluding carboxylic acids is 1. The number of anilines is 1. The van der Waals surface area contributed by atoms with Gasteiger partial charge in [-0.2, -0.15) is 5.26 Å². The number of halogens is 3. The third kappa shape index (κ3) is 6.38. The second-order valence-corrected chi connectivity index (χ2v) is 7.90. The minimum absolute atomic E-state index is 0.0111. The number of carbonyl (C=O) groups is 1. The molecule has 0 N–H and O–H groups in total. The summed E-state index contributed by atoms with van der Waals surface area (Å²) < 4.78 is 5.12. The molecule has 0 aliphatic rings. The van der Waals surface area contributed by atoms with Gasteiger partial charge in [0, 0.05) is 12.0 Å². The molecule has 0 fully saturated rings. The normalized spacial score (nSPS) is 11.2. The molecule has 27 heavy (non-hydrogen) atoms. The Kier molecular flexibility index (Phi) is 10.1. The Bertz CT molecular complexity index is 778. The summed E-state index contributed by atoms with van der Waals surface area (Å²) in [5.74, 6) is -0.0937. The van der Waals surface area contributed by atoms with E-state index in [9.17, 15) is 4.79 Å². The minimum atomic E-state index is -0.0826. The van der Waals surface area contributed by atoms with E-state index in [2.05, 4.69) is 5.38 Å². The Morgan fingerprint density at radius 3 is 2.30 bits per heavy atom. The maximum absolute atomic E-state index is 12.0. The van der Waals surface area contributed by atoms with Crippen LogP contribution < -0.4 is 4.90 Å². The lowest BCUT2D eigenvalue weighted by Crippen LogP contribution is -2.42. The number of thiophene rings is 1. The van der Waals surface area contributed by atoms with Crippen LogP contribution in [0, 0.1) is 25.2 Å². The molecule has 0 unspecified atom stereocenters. The van der Waals surface area contributed by atoms with Crippen molar-refractivity contribution in [2.75, 3.05) is 24.5 Å². The summed E-state index contributed by atoms with van der Waals surface area (Å²) in [5, 5.41) is 11.3. The highest BCUT2D eigenvalue weighted by atomic mass is 35.5. The number of nitriles is 1. The monoisotopic (exact) mass is 446 g/mol. The number of rotatable bonds is 5. The zero-order valence-electron chi connectivity index (χ0n) is 15.6. The molecular weight excluding hydrogens is 427 g/mol. The first kappa shape index (κ1) is 23.7. The molecule has 0 radical (unpaired) electrons. The Morgan fingerprint density at radius 1 is 1.33 bits per heavy atom. The van der Waals surface area contributed by atoms with Gasteiger partial charge in [0.15, 0.2) is 0 Å². The number of hydrogen-bond donors (Lipinski definition) is 0. The van der Waals surface area contributed by atoms with Gasteiger partial charge in [-0.05, 0) is 43.8 Å².